The van der Waals surface area contributed by atoms with Gasteiger partial charge >= 0.3 is 0 Å². The highest BCUT2D eigenvalue weighted by Crippen LogP contribution is 2.18. The van der Waals surface area contributed by atoms with E-state index in [1.165, 1.54) is 0 Å². The minimum Gasteiger partial charge on any atom is -0.376 e. The number of alkyl halides is 1. The molecule has 1 aromatic heterocycles. The maximum Gasteiger partial charge on any atom is 0.225 e. The molecule has 1 aromatic rings. The Balaban J connectivity index is 2.12. The lowest BCUT2D eigenvalue weighted by molar-refractivity contribution is 0.173. The number of aromatic nitrogens is 2. The fourth-order valence-corrected chi connectivity index (χ4v) is 1.49. The van der Waals surface area contributed by atoms with E-state index in [0.29, 0.717) is 12.6 Å². The van der Waals surface area contributed by atoms with Crippen molar-refractivity contribution in [3.63, 3.8) is 0 Å². The van der Waals surface area contributed by atoms with Gasteiger partial charge in [0.05, 0.1) is 19.3 Å². The Hall–Kier alpha value is -1.23. The van der Waals surface area contributed by atoms with Crippen LogP contribution < -0.4 is 4.90 Å². The first-order valence-corrected chi connectivity index (χ1v) is 4.50. The molecule has 14 heavy (non-hydrogen) atoms. The van der Waals surface area contributed by atoms with E-state index in [1.54, 1.807) is 30.4 Å². The van der Waals surface area contributed by atoms with E-state index >= 15 is 0 Å². The predicted molar refractivity (Wildman–Crippen MR) is 49.9 cm³/mol. The molecule has 0 aliphatic carbocycles. The van der Waals surface area contributed by atoms with E-state index in [2.05, 4.69) is 9.97 Å². The molecule has 0 N–H and O–H groups in total. The molecule has 0 amide bonds. The van der Waals surface area contributed by atoms with Crippen LogP contribution in [0.4, 0.5) is 10.3 Å². The van der Waals surface area contributed by atoms with Crippen LogP contribution in [0.25, 0.3) is 0 Å². The topological polar surface area (TPSA) is 38.2 Å². The van der Waals surface area contributed by atoms with Crippen molar-refractivity contribution in [1.82, 2.24) is 9.97 Å². The highest BCUT2D eigenvalue weighted by molar-refractivity contribution is 5.30. The van der Waals surface area contributed by atoms with Crippen molar-refractivity contribution in [2.45, 2.75) is 12.2 Å². The second kappa shape index (κ2) is 3.88. The van der Waals surface area contributed by atoms with Crippen LogP contribution in [-0.2, 0) is 4.74 Å². The Morgan fingerprint density at radius 3 is 2.71 bits per heavy atom. The largest absolute Gasteiger partial charge is 0.376 e. The highest BCUT2D eigenvalue weighted by Gasteiger charge is 2.32. The Morgan fingerprint density at radius 1 is 1.43 bits per heavy atom. The van der Waals surface area contributed by atoms with Crippen molar-refractivity contribution in [3.05, 3.63) is 18.5 Å². The lowest BCUT2D eigenvalue weighted by Gasteiger charge is -2.24. The van der Waals surface area contributed by atoms with Crippen LogP contribution >= 0.6 is 0 Å². The van der Waals surface area contributed by atoms with Gasteiger partial charge in [0, 0.05) is 19.4 Å². The SMILES string of the molecule is CN(c1ncccn1)[C@@H]1COC[C@H]1F. The molecule has 0 aromatic carbocycles. The predicted octanol–water partition coefficient (Wildman–Crippen LogP) is 0.650. The number of rotatable bonds is 2. The van der Waals surface area contributed by atoms with Gasteiger partial charge in [-0.1, -0.05) is 0 Å². The molecule has 2 rings (SSSR count). The fraction of sp³-hybridized carbons (Fsp3) is 0.556. The minimum atomic E-state index is -0.955. The van der Waals surface area contributed by atoms with E-state index in [0.717, 1.165) is 0 Å². The van der Waals surface area contributed by atoms with Crippen molar-refractivity contribution in [2.75, 3.05) is 25.2 Å². The van der Waals surface area contributed by atoms with Crippen molar-refractivity contribution in [3.8, 4) is 0 Å². The second-order valence-electron chi connectivity index (χ2n) is 3.28. The molecule has 0 spiro atoms. The molecule has 0 unspecified atom stereocenters. The number of anilines is 1. The molecule has 1 aliphatic rings. The Morgan fingerprint density at radius 2 is 2.14 bits per heavy atom. The zero-order valence-electron chi connectivity index (χ0n) is 7.93. The van der Waals surface area contributed by atoms with Gasteiger partial charge in [-0.3, -0.25) is 0 Å². The molecular formula is C9H12FN3O. The van der Waals surface area contributed by atoms with Crippen LogP contribution in [0.15, 0.2) is 18.5 Å². The first-order valence-electron chi connectivity index (χ1n) is 4.50. The van der Waals surface area contributed by atoms with Crippen molar-refractivity contribution in [1.29, 1.82) is 0 Å². The summed E-state index contributed by atoms with van der Waals surface area (Å²) in [6.07, 6.45) is 2.33. The standard InChI is InChI=1S/C9H12FN3O/c1-13(8-6-14-5-7(8)10)9-11-3-2-4-12-9/h2-4,7-8H,5-6H2,1H3/t7-,8-/m1/s1. The third-order valence-corrected chi connectivity index (χ3v) is 2.35. The van der Waals surface area contributed by atoms with Crippen LogP contribution in [-0.4, -0.2) is 42.4 Å². The van der Waals surface area contributed by atoms with Crippen LogP contribution in [0.1, 0.15) is 0 Å². The molecule has 76 valence electrons. The van der Waals surface area contributed by atoms with Gasteiger partial charge in [0.2, 0.25) is 5.95 Å². The molecule has 4 nitrogen and oxygen atoms in total. The third-order valence-electron chi connectivity index (χ3n) is 2.35. The van der Waals surface area contributed by atoms with E-state index in [-0.39, 0.29) is 12.6 Å². The van der Waals surface area contributed by atoms with Gasteiger partial charge in [0.1, 0.15) is 6.17 Å². The number of likely N-dealkylation sites (N-methyl/N-ethyl adjacent to an activating group) is 1. The number of ether oxygens (including phenoxy) is 1. The summed E-state index contributed by atoms with van der Waals surface area (Å²) < 4.78 is 18.3. The van der Waals surface area contributed by atoms with E-state index in [4.69, 9.17) is 4.74 Å². The van der Waals surface area contributed by atoms with Gasteiger partial charge in [-0.05, 0) is 6.07 Å². The lowest BCUT2D eigenvalue weighted by Crippen LogP contribution is -2.39. The summed E-state index contributed by atoms with van der Waals surface area (Å²) in [7, 11) is 1.78. The molecule has 2 heterocycles. The molecule has 5 heteroatoms. The molecule has 0 saturated carbocycles. The van der Waals surface area contributed by atoms with Gasteiger partial charge in [-0.15, -0.1) is 0 Å². The highest BCUT2D eigenvalue weighted by atomic mass is 19.1. The molecule has 1 aliphatic heterocycles. The summed E-state index contributed by atoms with van der Waals surface area (Å²) in [5.74, 6) is 0.533. The van der Waals surface area contributed by atoms with Crippen molar-refractivity contribution in [2.24, 2.45) is 0 Å². The van der Waals surface area contributed by atoms with E-state index in [9.17, 15) is 4.39 Å². The summed E-state index contributed by atoms with van der Waals surface area (Å²) in [6, 6.07) is 1.47. The van der Waals surface area contributed by atoms with Crippen LogP contribution in [0.2, 0.25) is 0 Å². The summed E-state index contributed by atoms with van der Waals surface area (Å²) >= 11 is 0. The maximum atomic E-state index is 13.3. The summed E-state index contributed by atoms with van der Waals surface area (Å²) in [6.45, 7) is 0.567. The first kappa shape index (κ1) is 9.33. The quantitative estimate of drug-likeness (QED) is 0.697. The Labute approximate surface area is 81.7 Å². The summed E-state index contributed by atoms with van der Waals surface area (Å²) in [4.78, 5) is 9.82. The monoisotopic (exact) mass is 197 g/mol. The van der Waals surface area contributed by atoms with Gasteiger partial charge in [-0.2, -0.15) is 0 Å². The second-order valence-corrected chi connectivity index (χ2v) is 3.28. The first-order chi connectivity index (χ1) is 6.79. The maximum absolute atomic E-state index is 13.3. The Bertz CT molecular complexity index is 295. The van der Waals surface area contributed by atoms with Gasteiger partial charge in [-0.25, -0.2) is 14.4 Å². The molecule has 1 fully saturated rings. The van der Waals surface area contributed by atoms with Crippen LogP contribution in [0, 0.1) is 0 Å². The molecule has 1 saturated heterocycles. The Kier molecular flexibility index (Phi) is 2.58. The molecule has 0 radical (unpaired) electrons. The number of halogens is 1. The molecule has 2 atom stereocenters. The third kappa shape index (κ3) is 1.68. The van der Waals surface area contributed by atoms with Gasteiger partial charge in [0.15, 0.2) is 0 Å². The number of hydrogen-bond donors (Lipinski definition) is 0. The average molecular weight is 197 g/mol. The van der Waals surface area contributed by atoms with Crippen molar-refractivity contribution >= 4 is 5.95 Å². The summed E-state index contributed by atoms with van der Waals surface area (Å²) in [5, 5.41) is 0. The van der Waals surface area contributed by atoms with E-state index in [1.807, 2.05) is 0 Å². The zero-order chi connectivity index (χ0) is 9.97. The fourth-order valence-electron chi connectivity index (χ4n) is 1.49. The molecular weight excluding hydrogens is 185 g/mol. The normalized spacial score (nSPS) is 26.4. The lowest BCUT2D eigenvalue weighted by atomic mass is 10.2. The van der Waals surface area contributed by atoms with Gasteiger partial charge in [0.25, 0.3) is 0 Å². The number of nitrogens with zero attached hydrogens (tertiary/aromatic N) is 3. The van der Waals surface area contributed by atoms with Crippen LogP contribution in [0.3, 0.4) is 0 Å². The number of hydrogen-bond acceptors (Lipinski definition) is 4. The minimum absolute atomic E-state index is 0.168. The zero-order valence-corrected chi connectivity index (χ0v) is 7.93. The van der Waals surface area contributed by atoms with Crippen LogP contribution in [0.5, 0.6) is 0 Å². The average Bonchev–Trinajstić information content (AvgIpc) is 2.65. The smallest absolute Gasteiger partial charge is 0.225 e. The van der Waals surface area contributed by atoms with Crippen molar-refractivity contribution < 1.29 is 9.13 Å². The van der Waals surface area contributed by atoms with Gasteiger partial charge < -0.3 is 9.64 Å². The molecule has 0 bridgehead atoms. The van der Waals surface area contributed by atoms with E-state index < -0.39 is 6.17 Å². The summed E-state index contributed by atoms with van der Waals surface area (Å²) in [5.41, 5.74) is 0.